The third-order valence-electron chi connectivity index (χ3n) is 5.86. The van der Waals surface area contributed by atoms with E-state index in [0.717, 1.165) is 18.5 Å². The van der Waals surface area contributed by atoms with Crippen molar-refractivity contribution < 1.29 is 14.0 Å². The number of nitrogens with zero attached hydrogens (tertiary/aromatic N) is 4. The fraction of sp³-hybridized carbons (Fsp3) is 0.333. The number of aromatic nitrogens is 3. The molecule has 1 fully saturated rings. The zero-order valence-corrected chi connectivity index (χ0v) is 17.7. The molecule has 1 aromatic carbocycles. The second-order valence-electron chi connectivity index (χ2n) is 7.95. The first-order valence-corrected chi connectivity index (χ1v) is 10.8. The van der Waals surface area contributed by atoms with E-state index in [1.54, 1.807) is 23.1 Å². The van der Waals surface area contributed by atoms with E-state index >= 15 is 0 Å². The number of carbonyl (C=O) groups is 2. The molecule has 0 aliphatic carbocycles. The minimum absolute atomic E-state index is 0.108. The highest BCUT2D eigenvalue weighted by Gasteiger charge is 2.31. The van der Waals surface area contributed by atoms with E-state index in [9.17, 15) is 14.0 Å². The van der Waals surface area contributed by atoms with Gasteiger partial charge < -0.3 is 10.2 Å². The number of rotatable bonds is 7. The van der Waals surface area contributed by atoms with Crippen LogP contribution in [0.25, 0.3) is 0 Å². The number of likely N-dealkylation sites (tertiary alicyclic amines) is 1. The SMILES string of the molecule is O=C(NC(c1ccccn1)C1CCN(C(=O)CCn2cccn2)CC1)c1cccc(F)c1. The lowest BCUT2D eigenvalue weighted by Gasteiger charge is -2.36. The average molecular weight is 436 g/mol. The normalized spacial score (nSPS) is 15.3. The summed E-state index contributed by atoms with van der Waals surface area (Å²) in [5.41, 5.74) is 1.04. The van der Waals surface area contributed by atoms with E-state index in [0.29, 0.717) is 26.1 Å². The number of pyridine rings is 1. The summed E-state index contributed by atoms with van der Waals surface area (Å²) in [7, 11) is 0. The van der Waals surface area contributed by atoms with Crippen LogP contribution in [-0.4, -0.2) is 44.6 Å². The van der Waals surface area contributed by atoms with Crippen molar-refractivity contribution in [3.63, 3.8) is 0 Å². The predicted molar refractivity (Wildman–Crippen MR) is 117 cm³/mol. The summed E-state index contributed by atoms with van der Waals surface area (Å²) in [6.07, 6.45) is 7.15. The predicted octanol–water partition coefficient (Wildman–Crippen LogP) is 3.22. The lowest BCUT2D eigenvalue weighted by molar-refractivity contribution is -0.133. The van der Waals surface area contributed by atoms with Gasteiger partial charge in [0.2, 0.25) is 5.91 Å². The Hall–Kier alpha value is -3.55. The number of nitrogens with one attached hydrogen (secondary N) is 1. The zero-order chi connectivity index (χ0) is 22.3. The maximum Gasteiger partial charge on any atom is 0.251 e. The number of aryl methyl sites for hydroxylation is 1. The Labute approximate surface area is 186 Å². The van der Waals surface area contributed by atoms with E-state index in [2.05, 4.69) is 15.4 Å². The third-order valence-corrected chi connectivity index (χ3v) is 5.86. The molecule has 3 heterocycles. The summed E-state index contributed by atoms with van der Waals surface area (Å²) in [6.45, 7) is 1.82. The van der Waals surface area contributed by atoms with Crippen LogP contribution in [0, 0.1) is 11.7 Å². The summed E-state index contributed by atoms with van der Waals surface area (Å²) in [5.74, 6) is -0.554. The number of hydrogen-bond acceptors (Lipinski definition) is 4. The molecule has 0 radical (unpaired) electrons. The van der Waals surface area contributed by atoms with Gasteiger partial charge in [-0.3, -0.25) is 19.3 Å². The van der Waals surface area contributed by atoms with Crippen LogP contribution in [-0.2, 0) is 11.3 Å². The topological polar surface area (TPSA) is 80.1 Å². The fourth-order valence-electron chi connectivity index (χ4n) is 4.13. The van der Waals surface area contributed by atoms with Gasteiger partial charge in [-0.25, -0.2) is 4.39 Å². The molecule has 1 aliphatic rings. The Kier molecular flexibility index (Phi) is 6.89. The molecule has 1 saturated heterocycles. The van der Waals surface area contributed by atoms with Crippen LogP contribution in [0.4, 0.5) is 4.39 Å². The molecule has 2 amide bonds. The number of piperidine rings is 1. The lowest BCUT2D eigenvalue weighted by atomic mass is 9.87. The van der Waals surface area contributed by atoms with Crippen molar-refractivity contribution in [2.45, 2.75) is 31.8 Å². The van der Waals surface area contributed by atoms with Crippen molar-refractivity contribution in [2.24, 2.45) is 5.92 Å². The summed E-state index contributed by atoms with van der Waals surface area (Å²) >= 11 is 0. The number of hydrogen-bond donors (Lipinski definition) is 1. The Morgan fingerprint density at radius 2 is 1.94 bits per heavy atom. The highest BCUT2D eigenvalue weighted by atomic mass is 19.1. The second-order valence-corrected chi connectivity index (χ2v) is 7.95. The minimum Gasteiger partial charge on any atom is -0.343 e. The van der Waals surface area contributed by atoms with Crippen LogP contribution in [0.5, 0.6) is 0 Å². The largest absolute Gasteiger partial charge is 0.343 e. The molecule has 1 atom stereocenters. The first kappa shape index (κ1) is 21.7. The number of amides is 2. The molecule has 2 aromatic heterocycles. The molecular formula is C24H26FN5O2. The minimum atomic E-state index is -0.450. The molecule has 0 bridgehead atoms. The quantitative estimate of drug-likeness (QED) is 0.618. The summed E-state index contributed by atoms with van der Waals surface area (Å²) < 4.78 is 15.3. The van der Waals surface area contributed by atoms with Gasteiger partial charge in [0.25, 0.3) is 5.91 Å². The van der Waals surface area contributed by atoms with E-state index < -0.39 is 5.82 Å². The van der Waals surface area contributed by atoms with Gasteiger partial charge in [-0.1, -0.05) is 12.1 Å². The molecule has 4 rings (SSSR count). The maximum atomic E-state index is 13.6. The smallest absolute Gasteiger partial charge is 0.251 e. The molecule has 0 spiro atoms. The van der Waals surface area contributed by atoms with Crippen LogP contribution < -0.4 is 5.32 Å². The first-order valence-electron chi connectivity index (χ1n) is 10.8. The van der Waals surface area contributed by atoms with Gasteiger partial charge in [0.1, 0.15) is 5.82 Å². The molecule has 1 unspecified atom stereocenters. The van der Waals surface area contributed by atoms with Crippen molar-refractivity contribution >= 4 is 11.8 Å². The average Bonchev–Trinajstić information content (AvgIpc) is 3.35. The van der Waals surface area contributed by atoms with Gasteiger partial charge in [0.15, 0.2) is 0 Å². The molecule has 1 aliphatic heterocycles. The van der Waals surface area contributed by atoms with Gasteiger partial charge >= 0.3 is 0 Å². The van der Waals surface area contributed by atoms with E-state index in [1.165, 1.54) is 18.2 Å². The van der Waals surface area contributed by atoms with Gasteiger partial charge in [-0.15, -0.1) is 0 Å². The van der Waals surface area contributed by atoms with Gasteiger partial charge in [0.05, 0.1) is 11.7 Å². The monoisotopic (exact) mass is 435 g/mol. The summed E-state index contributed by atoms with van der Waals surface area (Å²) in [5, 5.41) is 7.19. The van der Waals surface area contributed by atoms with E-state index in [1.807, 2.05) is 35.4 Å². The Bertz CT molecular complexity index is 1030. The molecule has 1 N–H and O–H groups in total. The van der Waals surface area contributed by atoms with Gasteiger partial charge in [-0.2, -0.15) is 5.10 Å². The van der Waals surface area contributed by atoms with Crippen molar-refractivity contribution in [3.05, 3.63) is 84.2 Å². The van der Waals surface area contributed by atoms with Crippen LogP contribution in [0.3, 0.4) is 0 Å². The number of halogens is 1. The van der Waals surface area contributed by atoms with Crippen molar-refractivity contribution in [1.82, 2.24) is 25.0 Å². The van der Waals surface area contributed by atoms with E-state index in [-0.39, 0.29) is 29.3 Å². The van der Waals surface area contributed by atoms with Crippen molar-refractivity contribution in [2.75, 3.05) is 13.1 Å². The van der Waals surface area contributed by atoms with Crippen LogP contribution in [0.15, 0.2) is 67.1 Å². The van der Waals surface area contributed by atoms with Crippen molar-refractivity contribution in [1.29, 1.82) is 0 Å². The van der Waals surface area contributed by atoms with Gasteiger partial charge in [0, 0.05) is 50.2 Å². The molecule has 32 heavy (non-hydrogen) atoms. The first-order chi connectivity index (χ1) is 15.6. The molecule has 8 heteroatoms. The highest BCUT2D eigenvalue weighted by molar-refractivity contribution is 5.94. The Balaban J connectivity index is 1.40. The second kappa shape index (κ2) is 10.2. The molecule has 166 valence electrons. The van der Waals surface area contributed by atoms with E-state index in [4.69, 9.17) is 0 Å². The Morgan fingerprint density at radius 3 is 2.62 bits per heavy atom. The molecule has 0 saturated carbocycles. The Morgan fingerprint density at radius 1 is 1.09 bits per heavy atom. The summed E-state index contributed by atoms with van der Waals surface area (Å²) in [4.78, 5) is 31.7. The standard InChI is InChI=1S/C24H26FN5O2/c25-20-6-3-5-19(17-20)24(32)28-23(21-7-1-2-11-26-21)18-8-14-29(15-9-18)22(31)10-16-30-13-4-12-27-30/h1-7,11-13,17-18,23H,8-10,14-16H2,(H,28,32). The van der Waals surface area contributed by atoms with Crippen LogP contribution >= 0.6 is 0 Å². The molecular weight excluding hydrogens is 409 g/mol. The molecule has 3 aromatic rings. The molecule has 7 nitrogen and oxygen atoms in total. The maximum absolute atomic E-state index is 13.6. The zero-order valence-electron chi connectivity index (χ0n) is 17.7. The fourth-order valence-corrected chi connectivity index (χ4v) is 4.13. The van der Waals surface area contributed by atoms with Gasteiger partial charge in [-0.05, 0) is 55.2 Å². The van der Waals surface area contributed by atoms with Crippen molar-refractivity contribution in [3.8, 4) is 0 Å². The number of benzene rings is 1. The lowest BCUT2D eigenvalue weighted by Crippen LogP contribution is -2.43. The van der Waals surface area contributed by atoms with Crippen LogP contribution in [0.1, 0.15) is 41.4 Å². The third kappa shape index (κ3) is 5.38. The van der Waals surface area contributed by atoms with Crippen LogP contribution in [0.2, 0.25) is 0 Å². The highest BCUT2D eigenvalue weighted by Crippen LogP contribution is 2.30. The number of carbonyl (C=O) groups excluding carboxylic acids is 2. The summed E-state index contributed by atoms with van der Waals surface area (Å²) in [6, 6.07) is 12.8.